The zero-order valence-electron chi connectivity index (χ0n) is 16.4. The molecule has 0 saturated heterocycles. The van der Waals surface area contributed by atoms with E-state index in [1.165, 1.54) is 10.4 Å². The van der Waals surface area contributed by atoms with E-state index in [1.54, 1.807) is 15.9 Å². The van der Waals surface area contributed by atoms with Gasteiger partial charge in [0.2, 0.25) is 5.91 Å². The smallest absolute Gasteiger partial charge is 0.246 e. The summed E-state index contributed by atoms with van der Waals surface area (Å²) >= 11 is 6.82. The molecule has 0 atom stereocenters. The molecule has 1 aliphatic rings. The van der Waals surface area contributed by atoms with E-state index in [2.05, 4.69) is 56.6 Å². The average molecular weight is 429 g/mol. The van der Waals surface area contributed by atoms with Gasteiger partial charge in [-0.3, -0.25) is 19.4 Å². The Labute approximate surface area is 178 Å². The standard InChI is InChI=1S/C20H24N6OS2/c1-2-6-17-23-24-20(28)26(17)13-18(27)22-19-21-15-9-10-25(12-16(15)29-19)11-14-7-4-3-5-8-14/h3-5,7-8H,2,6,9-13H2,1H3,(H,24,28)(H,21,22,27). The Bertz CT molecular complexity index is 1040. The fourth-order valence-electron chi connectivity index (χ4n) is 3.51. The number of hydrogen-bond acceptors (Lipinski definition) is 6. The number of rotatable bonds is 7. The van der Waals surface area contributed by atoms with Crippen molar-refractivity contribution in [3.63, 3.8) is 0 Å². The highest BCUT2D eigenvalue weighted by atomic mass is 32.1. The Balaban J connectivity index is 1.39. The largest absolute Gasteiger partial charge is 0.300 e. The van der Waals surface area contributed by atoms with Gasteiger partial charge in [0.05, 0.1) is 5.69 Å². The lowest BCUT2D eigenvalue weighted by molar-refractivity contribution is -0.116. The predicted octanol–water partition coefficient (Wildman–Crippen LogP) is 3.55. The normalized spacial score (nSPS) is 14.0. The first kappa shape index (κ1) is 19.9. The van der Waals surface area contributed by atoms with Gasteiger partial charge in [0.25, 0.3) is 0 Å². The molecular weight excluding hydrogens is 404 g/mol. The van der Waals surface area contributed by atoms with E-state index in [4.69, 9.17) is 12.2 Å². The molecule has 0 spiro atoms. The summed E-state index contributed by atoms with van der Waals surface area (Å²) in [5.41, 5.74) is 2.41. The molecule has 0 bridgehead atoms. The third-order valence-corrected chi connectivity index (χ3v) is 6.23. The number of aromatic nitrogens is 4. The van der Waals surface area contributed by atoms with Crippen molar-refractivity contribution in [2.24, 2.45) is 0 Å². The highest BCUT2D eigenvalue weighted by molar-refractivity contribution is 7.71. The number of thiazole rings is 1. The maximum Gasteiger partial charge on any atom is 0.246 e. The lowest BCUT2D eigenvalue weighted by atomic mass is 10.1. The molecule has 152 valence electrons. The minimum atomic E-state index is -0.132. The van der Waals surface area contributed by atoms with Crippen molar-refractivity contribution in [1.82, 2.24) is 24.6 Å². The number of nitrogens with zero attached hydrogens (tertiary/aromatic N) is 4. The van der Waals surface area contributed by atoms with Crippen LogP contribution in [0.5, 0.6) is 0 Å². The number of amides is 1. The van der Waals surface area contributed by atoms with Crippen LogP contribution in [0.2, 0.25) is 0 Å². The van der Waals surface area contributed by atoms with Crippen molar-refractivity contribution < 1.29 is 4.79 Å². The Morgan fingerprint density at radius 1 is 1.34 bits per heavy atom. The molecule has 0 aliphatic carbocycles. The van der Waals surface area contributed by atoms with Crippen LogP contribution in [-0.2, 0) is 37.3 Å². The van der Waals surface area contributed by atoms with Gasteiger partial charge in [-0.1, -0.05) is 37.3 Å². The summed E-state index contributed by atoms with van der Waals surface area (Å²) in [5, 5.41) is 10.6. The van der Waals surface area contributed by atoms with E-state index >= 15 is 0 Å². The molecule has 1 amide bonds. The number of aryl methyl sites for hydroxylation is 1. The molecule has 0 unspecified atom stereocenters. The van der Waals surface area contributed by atoms with Crippen molar-refractivity contribution in [3.8, 4) is 0 Å². The van der Waals surface area contributed by atoms with Crippen LogP contribution >= 0.6 is 23.6 Å². The molecule has 2 N–H and O–H groups in total. The van der Waals surface area contributed by atoms with Crippen molar-refractivity contribution in [2.75, 3.05) is 11.9 Å². The van der Waals surface area contributed by atoms with Gasteiger partial charge in [0, 0.05) is 37.4 Å². The molecule has 1 aromatic carbocycles. The summed E-state index contributed by atoms with van der Waals surface area (Å²) in [5.74, 6) is 0.676. The van der Waals surface area contributed by atoms with Gasteiger partial charge < -0.3 is 5.32 Å². The third kappa shape index (κ3) is 4.80. The van der Waals surface area contributed by atoms with E-state index in [-0.39, 0.29) is 12.5 Å². The van der Waals surface area contributed by atoms with E-state index in [0.717, 1.165) is 50.4 Å². The molecule has 9 heteroatoms. The SMILES string of the molecule is CCCc1n[nH]c(=S)n1CC(=O)Nc1nc2c(s1)CN(Cc1ccccc1)CC2. The van der Waals surface area contributed by atoms with Crippen LogP contribution in [0.3, 0.4) is 0 Å². The van der Waals surface area contributed by atoms with Gasteiger partial charge >= 0.3 is 0 Å². The lowest BCUT2D eigenvalue weighted by Crippen LogP contribution is -2.29. The quantitative estimate of drug-likeness (QED) is 0.563. The Morgan fingerprint density at radius 2 is 2.17 bits per heavy atom. The first-order chi connectivity index (χ1) is 14.1. The number of benzene rings is 1. The summed E-state index contributed by atoms with van der Waals surface area (Å²) in [6, 6.07) is 10.5. The van der Waals surface area contributed by atoms with Crippen molar-refractivity contribution in [1.29, 1.82) is 0 Å². The molecule has 4 rings (SSSR count). The number of aromatic amines is 1. The minimum Gasteiger partial charge on any atom is -0.300 e. The number of hydrogen-bond donors (Lipinski definition) is 2. The van der Waals surface area contributed by atoms with Gasteiger partial charge in [-0.2, -0.15) is 5.10 Å². The van der Waals surface area contributed by atoms with Gasteiger partial charge in [0.15, 0.2) is 9.90 Å². The van der Waals surface area contributed by atoms with E-state index in [0.29, 0.717) is 9.90 Å². The van der Waals surface area contributed by atoms with Crippen molar-refractivity contribution in [3.05, 3.63) is 57.1 Å². The maximum absolute atomic E-state index is 12.5. The second kappa shape index (κ2) is 8.98. The first-order valence-corrected chi connectivity index (χ1v) is 11.0. The number of H-pyrrole nitrogens is 1. The minimum absolute atomic E-state index is 0.132. The number of carbonyl (C=O) groups excluding carboxylic acids is 1. The van der Waals surface area contributed by atoms with E-state index in [9.17, 15) is 4.79 Å². The highest BCUT2D eigenvalue weighted by Crippen LogP contribution is 2.29. The summed E-state index contributed by atoms with van der Waals surface area (Å²) < 4.78 is 2.22. The number of nitrogens with one attached hydrogen (secondary N) is 2. The molecule has 29 heavy (non-hydrogen) atoms. The fourth-order valence-corrected chi connectivity index (χ4v) is 4.79. The Morgan fingerprint density at radius 3 is 2.97 bits per heavy atom. The highest BCUT2D eigenvalue weighted by Gasteiger charge is 2.21. The molecule has 1 aliphatic heterocycles. The summed E-state index contributed by atoms with van der Waals surface area (Å²) in [6.07, 6.45) is 2.63. The van der Waals surface area contributed by atoms with Crippen LogP contribution in [0, 0.1) is 4.77 Å². The monoisotopic (exact) mass is 428 g/mol. The molecule has 3 heterocycles. The Kier molecular flexibility index (Phi) is 6.17. The van der Waals surface area contributed by atoms with Crippen LogP contribution in [0.1, 0.15) is 35.3 Å². The van der Waals surface area contributed by atoms with Gasteiger partial charge in [-0.05, 0) is 24.2 Å². The second-order valence-electron chi connectivity index (χ2n) is 7.16. The lowest BCUT2D eigenvalue weighted by Gasteiger charge is -2.25. The molecule has 0 saturated carbocycles. The Hall–Kier alpha value is -2.36. The van der Waals surface area contributed by atoms with Crippen LogP contribution in [0.15, 0.2) is 30.3 Å². The summed E-state index contributed by atoms with van der Waals surface area (Å²) in [6.45, 7) is 4.99. The predicted molar refractivity (Wildman–Crippen MR) is 116 cm³/mol. The summed E-state index contributed by atoms with van der Waals surface area (Å²) in [7, 11) is 0. The maximum atomic E-state index is 12.5. The van der Waals surface area contributed by atoms with E-state index < -0.39 is 0 Å². The molecular formula is C20H24N6OS2. The molecule has 3 aromatic rings. The van der Waals surface area contributed by atoms with Crippen LogP contribution in [0.4, 0.5) is 5.13 Å². The first-order valence-electron chi connectivity index (χ1n) is 9.81. The number of fused-ring (bicyclic) bond motifs is 1. The molecule has 0 radical (unpaired) electrons. The topological polar surface area (TPSA) is 78.8 Å². The average Bonchev–Trinajstić information content (AvgIpc) is 3.26. The van der Waals surface area contributed by atoms with Crippen molar-refractivity contribution in [2.45, 2.75) is 45.8 Å². The van der Waals surface area contributed by atoms with Crippen molar-refractivity contribution >= 4 is 34.6 Å². The third-order valence-electron chi connectivity index (χ3n) is 4.92. The van der Waals surface area contributed by atoms with Gasteiger partial charge in [0.1, 0.15) is 12.4 Å². The zero-order valence-corrected chi connectivity index (χ0v) is 18.0. The zero-order chi connectivity index (χ0) is 20.2. The second-order valence-corrected chi connectivity index (χ2v) is 8.63. The molecule has 0 fully saturated rings. The number of anilines is 1. The van der Waals surface area contributed by atoms with Gasteiger partial charge in [-0.15, -0.1) is 11.3 Å². The van der Waals surface area contributed by atoms with Crippen LogP contribution in [0.25, 0.3) is 0 Å². The number of carbonyl (C=O) groups is 1. The van der Waals surface area contributed by atoms with Crippen LogP contribution < -0.4 is 5.32 Å². The fraction of sp³-hybridized carbons (Fsp3) is 0.400. The van der Waals surface area contributed by atoms with Crippen LogP contribution in [-0.4, -0.2) is 37.1 Å². The molecule has 2 aromatic heterocycles. The molecule has 7 nitrogen and oxygen atoms in total. The summed E-state index contributed by atoms with van der Waals surface area (Å²) in [4.78, 5) is 20.8. The van der Waals surface area contributed by atoms with E-state index in [1.807, 2.05) is 6.07 Å². The van der Waals surface area contributed by atoms with Gasteiger partial charge in [-0.25, -0.2) is 4.98 Å².